The van der Waals surface area contributed by atoms with Crippen LogP contribution in [0.2, 0.25) is 0 Å². The van der Waals surface area contributed by atoms with Gasteiger partial charge in [-0.3, -0.25) is 4.79 Å². The molecule has 2 aromatic carbocycles. The van der Waals surface area contributed by atoms with Gasteiger partial charge in [-0.25, -0.2) is 4.99 Å². The number of carbonyl (C=O) groups is 1. The van der Waals surface area contributed by atoms with Crippen molar-refractivity contribution in [3.8, 4) is 11.1 Å². The standard InChI is InChI=1S/C21H26N4O/c1-24(2)20(26)17-12-14-25(15-13-17)21(22)23-19-11-7-6-10-18(19)16-8-4-3-5-9-16/h3-11,17H,12-15H2,1-2H3,(H2,22,23). The van der Waals surface area contributed by atoms with Crippen molar-refractivity contribution in [2.24, 2.45) is 16.6 Å². The molecule has 1 amide bonds. The number of likely N-dealkylation sites (tertiary alicyclic amines) is 1. The van der Waals surface area contributed by atoms with Crippen LogP contribution in [0.5, 0.6) is 0 Å². The maximum atomic E-state index is 12.1. The average molecular weight is 350 g/mol. The van der Waals surface area contributed by atoms with Gasteiger partial charge in [-0.1, -0.05) is 48.5 Å². The summed E-state index contributed by atoms with van der Waals surface area (Å²) in [7, 11) is 3.62. The molecule has 0 aromatic heterocycles. The maximum absolute atomic E-state index is 12.1. The smallest absolute Gasteiger partial charge is 0.225 e. The van der Waals surface area contributed by atoms with E-state index < -0.39 is 0 Å². The molecule has 5 nitrogen and oxygen atoms in total. The lowest BCUT2D eigenvalue weighted by molar-refractivity contribution is -0.134. The summed E-state index contributed by atoms with van der Waals surface area (Å²) in [4.78, 5) is 20.5. The molecule has 1 aliphatic rings. The molecule has 1 fully saturated rings. The molecule has 0 radical (unpaired) electrons. The van der Waals surface area contributed by atoms with Gasteiger partial charge in [0.15, 0.2) is 5.96 Å². The van der Waals surface area contributed by atoms with Crippen molar-refractivity contribution >= 4 is 17.6 Å². The first-order chi connectivity index (χ1) is 12.6. The Morgan fingerprint density at radius 3 is 2.31 bits per heavy atom. The SMILES string of the molecule is CN(C)C(=O)C1CCN(C(N)=Nc2ccccc2-c2ccccc2)CC1. The summed E-state index contributed by atoms with van der Waals surface area (Å²) < 4.78 is 0. The zero-order valence-corrected chi connectivity index (χ0v) is 15.4. The van der Waals surface area contributed by atoms with E-state index in [1.807, 2.05) is 50.5 Å². The average Bonchev–Trinajstić information content (AvgIpc) is 2.68. The summed E-state index contributed by atoms with van der Waals surface area (Å²) in [5, 5.41) is 0. The van der Waals surface area contributed by atoms with E-state index in [0.717, 1.165) is 42.7 Å². The Morgan fingerprint density at radius 2 is 1.65 bits per heavy atom. The Kier molecular flexibility index (Phi) is 5.56. The summed E-state index contributed by atoms with van der Waals surface area (Å²) in [6, 6.07) is 18.2. The molecule has 1 saturated heterocycles. The Labute approximate surface area is 155 Å². The molecular weight excluding hydrogens is 324 g/mol. The largest absolute Gasteiger partial charge is 0.369 e. The third-order valence-corrected chi connectivity index (χ3v) is 4.83. The van der Waals surface area contributed by atoms with E-state index in [2.05, 4.69) is 28.1 Å². The van der Waals surface area contributed by atoms with E-state index in [1.165, 1.54) is 0 Å². The predicted octanol–water partition coefficient (Wildman–Crippen LogP) is 3.10. The van der Waals surface area contributed by atoms with E-state index in [0.29, 0.717) is 5.96 Å². The molecule has 5 heteroatoms. The number of hydrogen-bond donors (Lipinski definition) is 1. The number of piperidine rings is 1. The van der Waals surface area contributed by atoms with Crippen LogP contribution in [0.25, 0.3) is 11.1 Å². The van der Waals surface area contributed by atoms with Gasteiger partial charge in [0, 0.05) is 38.7 Å². The van der Waals surface area contributed by atoms with Crippen LogP contribution in [0.1, 0.15) is 12.8 Å². The van der Waals surface area contributed by atoms with Gasteiger partial charge in [-0.05, 0) is 24.5 Å². The van der Waals surface area contributed by atoms with Gasteiger partial charge in [0.25, 0.3) is 0 Å². The monoisotopic (exact) mass is 350 g/mol. The summed E-state index contributed by atoms with van der Waals surface area (Å²) in [6.45, 7) is 1.51. The number of aliphatic imine (C=N–C) groups is 1. The summed E-state index contributed by atoms with van der Waals surface area (Å²) >= 11 is 0. The molecule has 2 aromatic rings. The van der Waals surface area contributed by atoms with Crippen molar-refractivity contribution in [3.05, 3.63) is 54.6 Å². The van der Waals surface area contributed by atoms with Crippen molar-refractivity contribution < 1.29 is 4.79 Å². The van der Waals surface area contributed by atoms with Crippen LogP contribution in [0.15, 0.2) is 59.6 Å². The fourth-order valence-electron chi connectivity index (χ4n) is 3.35. The van der Waals surface area contributed by atoms with Crippen LogP contribution in [-0.2, 0) is 4.79 Å². The minimum absolute atomic E-state index is 0.0886. The molecular formula is C21H26N4O. The van der Waals surface area contributed by atoms with Gasteiger partial charge < -0.3 is 15.5 Å². The Balaban J connectivity index is 1.75. The fourth-order valence-corrected chi connectivity index (χ4v) is 3.35. The highest BCUT2D eigenvalue weighted by atomic mass is 16.2. The van der Waals surface area contributed by atoms with Crippen LogP contribution >= 0.6 is 0 Å². The molecule has 0 unspecified atom stereocenters. The molecule has 2 N–H and O–H groups in total. The quantitative estimate of drug-likeness (QED) is 0.683. The van der Waals surface area contributed by atoms with E-state index >= 15 is 0 Å². The molecule has 0 atom stereocenters. The number of para-hydroxylation sites is 1. The molecule has 136 valence electrons. The maximum Gasteiger partial charge on any atom is 0.225 e. The molecule has 0 saturated carbocycles. The molecule has 1 heterocycles. The number of nitrogens with two attached hydrogens (primary N) is 1. The second kappa shape index (κ2) is 8.04. The highest BCUT2D eigenvalue weighted by Gasteiger charge is 2.26. The van der Waals surface area contributed by atoms with Crippen LogP contribution in [0, 0.1) is 5.92 Å². The second-order valence-corrected chi connectivity index (χ2v) is 6.85. The Bertz CT molecular complexity index is 778. The number of amides is 1. The predicted molar refractivity (Wildman–Crippen MR) is 106 cm³/mol. The summed E-state index contributed by atoms with van der Waals surface area (Å²) in [6.07, 6.45) is 1.63. The zero-order chi connectivity index (χ0) is 18.5. The number of rotatable bonds is 3. The van der Waals surface area contributed by atoms with E-state index in [1.54, 1.807) is 4.90 Å². The van der Waals surface area contributed by atoms with E-state index in [9.17, 15) is 4.79 Å². The van der Waals surface area contributed by atoms with Gasteiger partial charge in [-0.15, -0.1) is 0 Å². The Hall–Kier alpha value is -2.82. The lowest BCUT2D eigenvalue weighted by Gasteiger charge is -2.33. The second-order valence-electron chi connectivity index (χ2n) is 6.85. The number of hydrogen-bond acceptors (Lipinski definition) is 2. The molecule has 0 bridgehead atoms. The van der Waals surface area contributed by atoms with Crippen LogP contribution in [-0.4, -0.2) is 48.9 Å². The first kappa shape index (κ1) is 18.0. The highest BCUT2D eigenvalue weighted by molar-refractivity contribution is 5.86. The summed E-state index contributed by atoms with van der Waals surface area (Å²) in [5.74, 6) is 0.810. The van der Waals surface area contributed by atoms with Gasteiger partial charge in [0.1, 0.15) is 0 Å². The lowest BCUT2D eigenvalue weighted by atomic mass is 9.96. The number of nitrogens with zero attached hydrogens (tertiary/aromatic N) is 3. The lowest BCUT2D eigenvalue weighted by Crippen LogP contribution is -2.45. The minimum atomic E-state index is 0.0886. The Morgan fingerprint density at radius 1 is 1.04 bits per heavy atom. The topological polar surface area (TPSA) is 61.9 Å². The molecule has 0 spiro atoms. The van der Waals surface area contributed by atoms with E-state index in [4.69, 9.17) is 5.73 Å². The van der Waals surface area contributed by atoms with Crippen LogP contribution in [0.4, 0.5) is 5.69 Å². The van der Waals surface area contributed by atoms with Crippen molar-refractivity contribution in [1.82, 2.24) is 9.80 Å². The van der Waals surface area contributed by atoms with Crippen molar-refractivity contribution in [2.75, 3.05) is 27.2 Å². The first-order valence-electron chi connectivity index (χ1n) is 9.01. The van der Waals surface area contributed by atoms with Crippen LogP contribution < -0.4 is 5.73 Å². The van der Waals surface area contributed by atoms with E-state index in [-0.39, 0.29) is 11.8 Å². The number of carbonyl (C=O) groups excluding carboxylic acids is 1. The van der Waals surface area contributed by atoms with Gasteiger partial charge in [0.05, 0.1) is 5.69 Å². The van der Waals surface area contributed by atoms with Crippen LogP contribution in [0.3, 0.4) is 0 Å². The molecule has 3 rings (SSSR count). The fraction of sp³-hybridized carbons (Fsp3) is 0.333. The van der Waals surface area contributed by atoms with Gasteiger partial charge in [-0.2, -0.15) is 0 Å². The first-order valence-corrected chi connectivity index (χ1v) is 9.01. The normalized spacial score (nSPS) is 15.8. The minimum Gasteiger partial charge on any atom is -0.369 e. The van der Waals surface area contributed by atoms with Crippen molar-refractivity contribution in [3.63, 3.8) is 0 Å². The number of guanidine groups is 1. The van der Waals surface area contributed by atoms with Crippen molar-refractivity contribution in [1.29, 1.82) is 0 Å². The molecule has 26 heavy (non-hydrogen) atoms. The third-order valence-electron chi connectivity index (χ3n) is 4.83. The highest BCUT2D eigenvalue weighted by Crippen LogP contribution is 2.30. The molecule has 0 aliphatic carbocycles. The van der Waals surface area contributed by atoms with Gasteiger partial charge >= 0.3 is 0 Å². The number of benzene rings is 2. The molecule has 1 aliphatic heterocycles. The zero-order valence-electron chi connectivity index (χ0n) is 15.4. The van der Waals surface area contributed by atoms with Crippen molar-refractivity contribution in [2.45, 2.75) is 12.8 Å². The van der Waals surface area contributed by atoms with Gasteiger partial charge in [0.2, 0.25) is 5.91 Å². The summed E-state index contributed by atoms with van der Waals surface area (Å²) in [5.41, 5.74) is 9.34. The third kappa shape index (κ3) is 4.04.